The number of methoxy groups -OCH3 is 2. The Morgan fingerprint density at radius 3 is 1.65 bits per heavy atom. The van der Waals surface area contributed by atoms with Crippen molar-refractivity contribution in [3.8, 4) is 11.5 Å². The molecule has 1 atom stereocenters. The van der Waals surface area contributed by atoms with E-state index in [1.807, 2.05) is 38.1 Å². The van der Waals surface area contributed by atoms with Gasteiger partial charge in [0.2, 0.25) is 0 Å². The molecule has 2 aromatic rings. The molecule has 1 unspecified atom stereocenters. The Hall–Kier alpha value is -2.00. The largest absolute Gasteiger partial charge is 0.497 e. The summed E-state index contributed by atoms with van der Waals surface area (Å²) in [5, 5.41) is 10.6. The minimum Gasteiger partial charge on any atom is -0.497 e. The van der Waals surface area contributed by atoms with Gasteiger partial charge in [-0.3, -0.25) is 0 Å². The quantitative estimate of drug-likeness (QED) is 0.927. The Bertz CT molecular complexity index is 563. The van der Waals surface area contributed by atoms with Crippen molar-refractivity contribution in [2.75, 3.05) is 14.2 Å². The maximum absolute atomic E-state index is 10.6. The van der Waals surface area contributed by atoms with Crippen molar-refractivity contribution < 1.29 is 14.6 Å². The number of ether oxygens (including phenoxy) is 2. The van der Waals surface area contributed by atoms with Gasteiger partial charge in [-0.2, -0.15) is 0 Å². The van der Waals surface area contributed by atoms with E-state index in [1.165, 1.54) is 0 Å². The summed E-state index contributed by atoms with van der Waals surface area (Å²) in [5.74, 6) is 1.34. The molecule has 3 nitrogen and oxygen atoms in total. The van der Waals surface area contributed by atoms with Crippen LogP contribution in [0.15, 0.2) is 36.4 Å². The van der Waals surface area contributed by atoms with Gasteiger partial charge in [-0.1, -0.05) is 29.3 Å². The summed E-state index contributed by atoms with van der Waals surface area (Å²) in [4.78, 5) is 0. The summed E-state index contributed by atoms with van der Waals surface area (Å²) in [6, 6.07) is 11.5. The molecule has 0 heterocycles. The van der Waals surface area contributed by atoms with Crippen LogP contribution in [0.1, 0.15) is 28.4 Å². The highest BCUT2D eigenvalue weighted by Crippen LogP contribution is 2.30. The van der Waals surface area contributed by atoms with Crippen molar-refractivity contribution in [2.45, 2.75) is 20.0 Å². The molecule has 0 fully saturated rings. The van der Waals surface area contributed by atoms with Crippen LogP contribution in [0.2, 0.25) is 0 Å². The van der Waals surface area contributed by atoms with Crippen LogP contribution in [0, 0.1) is 13.8 Å². The lowest BCUT2D eigenvalue weighted by Gasteiger charge is -2.15. The Morgan fingerprint density at radius 2 is 1.20 bits per heavy atom. The summed E-state index contributed by atoms with van der Waals surface area (Å²) in [7, 11) is 3.20. The highest BCUT2D eigenvalue weighted by Gasteiger charge is 2.14. The molecule has 0 saturated heterocycles. The zero-order valence-corrected chi connectivity index (χ0v) is 12.3. The Balaban J connectivity index is 2.43. The molecule has 0 aromatic heterocycles. The Morgan fingerprint density at radius 1 is 0.750 bits per heavy atom. The maximum Gasteiger partial charge on any atom is 0.122 e. The smallest absolute Gasteiger partial charge is 0.122 e. The number of aliphatic hydroxyl groups is 1. The molecule has 0 spiro atoms. The summed E-state index contributed by atoms with van der Waals surface area (Å²) >= 11 is 0. The molecule has 2 rings (SSSR count). The molecule has 0 aliphatic rings. The Labute approximate surface area is 119 Å². The van der Waals surface area contributed by atoms with E-state index in [1.54, 1.807) is 20.3 Å². The summed E-state index contributed by atoms with van der Waals surface area (Å²) in [5.41, 5.74) is 3.90. The van der Waals surface area contributed by atoms with Gasteiger partial charge >= 0.3 is 0 Å². The lowest BCUT2D eigenvalue weighted by Crippen LogP contribution is -2.02. The fourth-order valence-electron chi connectivity index (χ4n) is 2.35. The van der Waals surface area contributed by atoms with Gasteiger partial charge in [-0.15, -0.1) is 0 Å². The van der Waals surface area contributed by atoms with E-state index in [0.29, 0.717) is 11.5 Å². The highest BCUT2D eigenvalue weighted by atomic mass is 16.5. The van der Waals surface area contributed by atoms with Crippen LogP contribution in [0.3, 0.4) is 0 Å². The maximum atomic E-state index is 10.6. The van der Waals surface area contributed by atoms with Gasteiger partial charge in [-0.05, 0) is 37.1 Å². The van der Waals surface area contributed by atoms with Crippen molar-refractivity contribution in [3.05, 3.63) is 58.7 Å². The van der Waals surface area contributed by atoms with Crippen LogP contribution in [-0.4, -0.2) is 19.3 Å². The number of benzene rings is 2. The molecule has 2 aromatic carbocycles. The first kappa shape index (κ1) is 14.4. The van der Waals surface area contributed by atoms with Crippen LogP contribution in [0.4, 0.5) is 0 Å². The van der Waals surface area contributed by atoms with Crippen molar-refractivity contribution >= 4 is 0 Å². The second-order valence-corrected chi connectivity index (χ2v) is 4.97. The van der Waals surface area contributed by atoms with Gasteiger partial charge in [0, 0.05) is 6.07 Å². The summed E-state index contributed by atoms with van der Waals surface area (Å²) in [6.45, 7) is 4.05. The molecule has 3 heteroatoms. The fourth-order valence-corrected chi connectivity index (χ4v) is 2.35. The SMILES string of the molecule is COc1cc(OC)cc(C(O)c2cc(C)cc(C)c2)c1. The van der Waals surface area contributed by atoms with Gasteiger partial charge in [0.15, 0.2) is 0 Å². The molecule has 0 radical (unpaired) electrons. The van der Waals surface area contributed by atoms with Crippen LogP contribution in [-0.2, 0) is 0 Å². The molecule has 0 amide bonds. The van der Waals surface area contributed by atoms with E-state index >= 15 is 0 Å². The molecule has 0 aliphatic heterocycles. The summed E-state index contributed by atoms with van der Waals surface area (Å²) in [6.07, 6.45) is -0.697. The van der Waals surface area contributed by atoms with Crippen LogP contribution in [0.5, 0.6) is 11.5 Å². The molecule has 0 bridgehead atoms. The van der Waals surface area contributed by atoms with Gasteiger partial charge in [0.25, 0.3) is 0 Å². The van der Waals surface area contributed by atoms with E-state index in [-0.39, 0.29) is 0 Å². The minimum atomic E-state index is -0.697. The second kappa shape index (κ2) is 5.97. The first-order chi connectivity index (χ1) is 9.53. The predicted octanol–water partition coefficient (Wildman–Crippen LogP) is 3.40. The van der Waals surface area contributed by atoms with Crippen molar-refractivity contribution in [1.82, 2.24) is 0 Å². The molecule has 1 N–H and O–H groups in total. The zero-order chi connectivity index (χ0) is 14.7. The molecule has 20 heavy (non-hydrogen) atoms. The molecule has 0 aliphatic carbocycles. The number of rotatable bonds is 4. The minimum absolute atomic E-state index is 0.669. The highest BCUT2D eigenvalue weighted by molar-refractivity contribution is 5.43. The van der Waals surface area contributed by atoms with E-state index in [9.17, 15) is 5.11 Å². The first-order valence-corrected chi connectivity index (χ1v) is 6.52. The summed E-state index contributed by atoms with van der Waals surface area (Å²) < 4.78 is 10.5. The number of aryl methyl sites for hydroxylation is 2. The fraction of sp³-hybridized carbons (Fsp3) is 0.294. The molecule has 0 saturated carbocycles. The van der Waals surface area contributed by atoms with Crippen molar-refractivity contribution in [3.63, 3.8) is 0 Å². The normalized spacial score (nSPS) is 12.1. The van der Waals surface area contributed by atoms with Gasteiger partial charge in [0.1, 0.15) is 17.6 Å². The van der Waals surface area contributed by atoms with Gasteiger partial charge < -0.3 is 14.6 Å². The first-order valence-electron chi connectivity index (χ1n) is 6.52. The van der Waals surface area contributed by atoms with Crippen LogP contribution < -0.4 is 9.47 Å². The third-order valence-corrected chi connectivity index (χ3v) is 3.25. The number of hydrogen-bond acceptors (Lipinski definition) is 3. The van der Waals surface area contributed by atoms with E-state index in [4.69, 9.17) is 9.47 Å². The Kier molecular flexibility index (Phi) is 4.30. The van der Waals surface area contributed by atoms with Crippen molar-refractivity contribution in [2.24, 2.45) is 0 Å². The van der Waals surface area contributed by atoms with Gasteiger partial charge in [-0.25, -0.2) is 0 Å². The van der Waals surface area contributed by atoms with Gasteiger partial charge in [0.05, 0.1) is 14.2 Å². The average molecular weight is 272 g/mol. The topological polar surface area (TPSA) is 38.7 Å². The third-order valence-electron chi connectivity index (χ3n) is 3.25. The monoisotopic (exact) mass is 272 g/mol. The molecule has 106 valence electrons. The van der Waals surface area contributed by atoms with E-state index in [0.717, 1.165) is 22.3 Å². The van der Waals surface area contributed by atoms with Crippen LogP contribution >= 0.6 is 0 Å². The standard InChI is InChI=1S/C17H20O3/c1-11-5-12(2)7-13(6-11)17(18)14-8-15(19-3)10-16(9-14)20-4/h5-10,17-18H,1-4H3. The number of hydrogen-bond donors (Lipinski definition) is 1. The third kappa shape index (κ3) is 3.11. The molecular weight excluding hydrogens is 252 g/mol. The second-order valence-electron chi connectivity index (χ2n) is 4.97. The average Bonchev–Trinajstić information content (AvgIpc) is 2.44. The number of aliphatic hydroxyl groups excluding tert-OH is 1. The predicted molar refractivity (Wildman–Crippen MR) is 79.5 cm³/mol. The lowest BCUT2D eigenvalue weighted by molar-refractivity contribution is 0.219. The molecular formula is C17H20O3. The zero-order valence-electron chi connectivity index (χ0n) is 12.3. The lowest BCUT2D eigenvalue weighted by atomic mass is 9.97. The van der Waals surface area contributed by atoms with E-state index < -0.39 is 6.10 Å². The van der Waals surface area contributed by atoms with Crippen LogP contribution in [0.25, 0.3) is 0 Å². The van der Waals surface area contributed by atoms with E-state index in [2.05, 4.69) is 6.07 Å². The van der Waals surface area contributed by atoms with Crippen molar-refractivity contribution in [1.29, 1.82) is 0 Å².